The van der Waals surface area contributed by atoms with Crippen LogP contribution in [0.25, 0.3) is 0 Å². The van der Waals surface area contributed by atoms with E-state index in [-0.39, 0.29) is 11.6 Å². The molecule has 1 N–H and O–H groups in total. The van der Waals surface area contributed by atoms with Crippen molar-refractivity contribution >= 4 is 5.97 Å². The van der Waals surface area contributed by atoms with Crippen LogP contribution in [0.2, 0.25) is 0 Å². The van der Waals surface area contributed by atoms with Crippen molar-refractivity contribution in [1.29, 1.82) is 0 Å². The van der Waals surface area contributed by atoms with Crippen LogP contribution in [0.3, 0.4) is 0 Å². The molecule has 1 aromatic heterocycles. The summed E-state index contributed by atoms with van der Waals surface area (Å²) in [5.74, 6) is -0.000412. The minimum absolute atomic E-state index is 0.0126. The molecule has 0 bridgehead atoms. The molecular weight excluding hydrogens is 222 g/mol. The quantitative estimate of drug-likeness (QED) is 0.829. The minimum Gasteiger partial charge on any atom is -0.481 e. The fourth-order valence-corrected chi connectivity index (χ4v) is 1.99. The van der Waals surface area contributed by atoms with Gasteiger partial charge in [0, 0.05) is 18.5 Å². The van der Waals surface area contributed by atoms with Crippen LogP contribution < -0.4 is 4.74 Å². The van der Waals surface area contributed by atoms with Gasteiger partial charge in [0.25, 0.3) is 0 Å². The molecule has 17 heavy (non-hydrogen) atoms. The second-order valence-electron chi connectivity index (χ2n) is 4.21. The Hall–Kier alpha value is -1.69. The molecular formula is C11H15N3O3. The van der Waals surface area contributed by atoms with Gasteiger partial charge in [-0.2, -0.15) is 4.98 Å². The highest BCUT2D eigenvalue weighted by Crippen LogP contribution is 2.25. The van der Waals surface area contributed by atoms with Gasteiger partial charge in [-0.05, 0) is 20.0 Å². The summed E-state index contributed by atoms with van der Waals surface area (Å²) in [4.78, 5) is 21.4. The molecule has 1 aliphatic heterocycles. The molecule has 92 valence electrons. The number of hydrogen-bond acceptors (Lipinski definition) is 5. The monoisotopic (exact) mass is 237 g/mol. The van der Waals surface area contributed by atoms with Crippen molar-refractivity contribution in [3.8, 4) is 5.88 Å². The number of likely N-dealkylation sites (tertiary alicyclic amines) is 1. The fourth-order valence-electron chi connectivity index (χ4n) is 1.99. The van der Waals surface area contributed by atoms with Crippen LogP contribution in [-0.2, 0) is 0 Å². The van der Waals surface area contributed by atoms with Crippen LogP contribution in [-0.4, -0.2) is 53.2 Å². The fraction of sp³-hybridized carbons (Fsp3) is 0.545. The van der Waals surface area contributed by atoms with Crippen molar-refractivity contribution < 1.29 is 14.6 Å². The molecule has 0 saturated carbocycles. The van der Waals surface area contributed by atoms with E-state index in [1.165, 1.54) is 13.2 Å². The van der Waals surface area contributed by atoms with E-state index >= 15 is 0 Å². The Labute approximate surface area is 99.2 Å². The average Bonchev–Trinajstić information content (AvgIpc) is 2.75. The van der Waals surface area contributed by atoms with Crippen molar-refractivity contribution in [2.24, 2.45) is 0 Å². The highest BCUT2D eigenvalue weighted by Gasteiger charge is 2.25. The number of ether oxygens (including phenoxy) is 1. The van der Waals surface area contributed by atoms with Crippen molar-refractivity contribution in [3.63, 3.8) is 0 Å². The Bertz CT molecular complexity index is 436. The van der Waals surface area contributed by atoms with E-state index in [1.54, 1.807) is 0 Å². The third-order valence-corrected chi connectivity index (χ3v) is 2.90. The van der Waals surface area contributed by atoms with Crippen LogP contribution in [0, 0.1) is 0 Å². The van der Waals surface area contributed by atoms with Crippen LogP contribution in [0.1, 0.15) is 28.7 Å². The van der Waals surface area contributed by atoms with E-state index in [4.69, 9.17) is 9.84 Å². The number of nitrogens with zero attached hydrogens (tertiary/aromatic N) is 3. The summed E-state index contributed by atoms with van der Waals surface area (Å²) >= 11 is 0. The molecule has 0 amide bonds. The molecule has 2 heterocycles. The number of aromatic nitrogens is 2. The smallest absolute Gasteiger partial charge is 0.354 e. The summed E-state index contributed by atoms with van der Waals surface area (Å²) in [6.45, 7) is 1.83. The van der Waals surface area contributed by atoms with Gasteiger partial charge in [0.15, 0.2) is 5.69 Å². The Morgan fingerprint density at radius 1 is 1.59 bits per heavy atom. The number of carboxylic acid groups (broad SMARTS) is 1. The second-order valence-corrected chi connectivity index (χ2v) is 4.21. The molecule has 0 radical (unpaired) electrons. The van der Waals surface area contributed by atoms with Crippen molar-refractivity contribution in [2.45, 2.75) is 12.3 Å². The maximum Gasteiger partial charge on any atom is 0.354 e. The van der Waals surface area contributed by atoms with E-state index in [9.17, 15) is 4.79 Å². The van der Waals surface area contributed by atoms with E-state index in [0.717, 1.165) is 19.5 Å². The topological polar surface area (TPSA) is 75.6 Å². The summed E-state index contributed by atoms with van der Waals surface area (Å²) in [7, 11) is 3.50. The summed E-state index contributed by atoms with van der Waals surface area (Å²) in [5.41, 5.74) is -0.0126. The van der Waals surface area contributed by atoms with Gasteiger partial charge < -0.3 is 14.7 Å². The zero-order valence-corrected chi connectivity index (χ0v) is 9.88. The number of rotatable bonds is 3. The zero-order valence-electron chi connectivity index (χ0n) is 9.88. The van der Waals surface area contributed by atoms with Gasteiger partial charge in [-0.3, -0.25) is 0 Å². The Morgan fingerprint density at radius 2 is 2.35 bits per heavy atom. The molecule has 2 rings (SSSR count). The van der Waals surface area contributed by atoms with Gasteiger partial charge in [-0.15, -0.1) is 0 Å². The minimum atomic E-state index is -1.06. The van der Waals surface area contributed by atoms with E-state index in [2.05, 4.69) is 14.9 Å². The van der Waals surface area contributed by atoms with E-state index < -0.39 is 5.97 Å². The molecule has 0 spiro atoms. The number of carboxylic acids is 1. The lowest BCUT2D eigenvalue weighted by Gasteiger charge is -2.10. The second kappa shape index (κ2) is 4.67. The maximum atomic E-state index is 10.9. The zero-order chi connectivity index (χ0) is 12.4. The van der Waals surface area contributed by atoms with Crippen molar-refractivity contribution in [1.82, 2.24) is 14.9 Å². The molecule has 0 aromatic carbocycles. The van der Waals surface area contributed by atoms with Crippen LogP contribution in [0.15, 0.2) is 6.07 Å². The lowest BCUT2D eigenvalue weighted by molar-refractivity contribution is 0.0689. The van der Waals surface area contributed by atoms with Crippen LogP contribution in [0.4, 0.5) is 0 Å². The first-order valence-corrected chi connectivity index (χ1v) is 5.45. The number of aromatic carboxylic acids is 1. The average molecular weight is 237 g/mol. The first kappa shape index (κ1) is 11.8. The lowest BCUT2D eigenvalue weighted by atomic mass is 10.1. The number of hydrogen-bond donors (Lipinski definition) is 1. The molecule has 0 aliphatic carbocycles. The molecule has 1 aliphatic rings. The van der Waals surface area contributed by atoms with Gasteiger partial charge in [-0.25, -0.2) is 9.78 Å². The summed E-state index contributed by atoms with van der Waals surface area (Å²) < 4.78 is 5.00. The standard InChI is InChI=1S/C11H15N3O3/c1-14-4-3-7(6-14)10-12-8(11(15)16)5-9(13-10)17-2/h5,7H,3-4,6H2,1-2H3,(H,15,16). The van der Waals surface area contributed by atoms with Gasteiger partial charge in [0.2, 0.25) is 5.88 Å². The number of methoxy groups -OCH3 is 1. The largest absolute Gasteiger partial charge is 0.481 e. The Kier molecular flexibility index (Phi) is 3.23. The molecule has 6 heteroatoms. The first-order chi connectivity index (χ1) is 8.10. The normalized spacial score (nSPS) is 20.5. The van der Waals surface area contributed by atoms with Crippen LogP contribution >= 0.6 is 0 Å². The summed E-state index contributed by atoms with van der Waals surface area (Å²) in [5, 5.41) is 8.97. The predicted octanol–water partition coefficient (Wildman–Crippen LogP) is 0.603. The highest BCUT2D eigenvalue weighted by atomic mass is 16.5. The Balaban J connectivity index is 2.32. The highest BCUT2D eigenvalue weighted by molar-refractivity contribution is 5.85. The molecule has 1 aromatic rings. The first-order valence-electron chi connectivity index (χ1n) is 5.45. The van der Waals surface area contributed by atoms with Crippen molar-refractivity contribution in [3.05, 3.63) is 17.6 Å². The van der Waals surface area contributed by atoms with Gasteiger partial charge in [0.1, 0.15) is 5.82 Å². The van der Waals surface area contributed by atoms with Gasteiger partial charge >= 0.3 is 5.97 Å². The van der Waals surface area contributed by atoms with Gasteiger partial charge in [0.05, 0.1) is 7.11 Å². The molecule has 1 unspecified atom stereocenters. The number of carbonyl (C=O) groups is 1. The molecule has 1 saturated heterocycles. The third-order valence-electron chi connectivity index (χ3n) is 2.90. The Morgan fingerprint density at radius 3 is 2.88 bits per heavy atom. The lowest BCUT2D eigenvalue weighted by Crippen LogP contribution is -2.15. The van der Waals surface area contributed by atoms with Gasteiger partial charge in [-0.1, -0.05) is 0 Å². The van der Waals surface area contributed by atoms with Crippen molar-refractivity contribution in [2.75, 3.05) is 27.2 Å². The SMILES string of the molecule is COc1cc(C(=O)O)nc(C2CCN(C)C2)n1. The van der Waals surface area contributed by atoms with Crippen LogP contribution in [0.5, 0.6) is 5.88 Å². The molecule has 1 fully saturated rings. The third kappa shape index (κ3) is 2.52. The summed E-state index contributed by atoms with van der Waals surface area (Å²) in [6.07, 6.45) is 0.947. The number of likely N-dealkylation sites (N-methyl/N-ethyl adjacent to an activating group) is 1. The molecule has 1 atom stereocenters. The predicted molar refractivity (Wildman–Crippen MR) is 60.4 cm³/mol. The van der Waals surface area contributed by atoms with E-state index in [0.29, 0.717) is 11.7 Å². The van der Waals surface area contributed by atoms with E-state index in [1.807, 2.05) is 7.05 Å². The maximum absolute atomic E-state index is 10.9. The molecule has 6 nitrogen and oxygen atoms in total. The summed E-state index contributed by atoms with van der Waals surface area (Å²) in [6, 6.07) is 1.34.